The molecule has 0 N–H and O–H groups in total. The van der Waals surface area contributed by atoms with Gasteiger partial charge in [-0.25, -0.2) is 4.98 Å². The summed E-state index contributed by atoms with van der Waals surface area (Å²) in [5.74, 6) is 1.26. The Morgan fingerprint density at radius 1 is 1.44 bits per heavy atom. The average Bonchev–Trinajstić information content (AvgIpc) is 2.58. The average molecular weight is 288 g/mol. The second-order valence-corrected chi connectivity index (χ2v) is 4.33. The van der Waals surface area contributed by atoms with Gasteiger partial charge >= 0.3 is 0 Å². The maximum atomic E-state index is 5.39. The number of ether oxygens (including phenoxy) is 2. The first-order chi connectivity index (χ1) is 7.81. The predicted molar refractivity (Wildman–Crippen MR) is 63.9 cm³/mol. The summed E-state index contributed by atoms with van der Waals surface area (Å²) in [6.07, 6.45) is 2.72. The lowest BCUT2D eigenvalue weighted by atomic mass is 10.4. The van der Waals surface area contributed by atoms with Crippen LogP contribution in [-0.4, -0.2) is 43.4 Å². The number of halogens is 1. The van der Waals surface area contributed by atoms with Crippen molar-refractivity contribution >= 4 is 21.9 Å². The predicted octanol–water partition coefficient (Wildman–Crippen LogP) is 1.47. The summed E-state index contributed by atoms with van der Waals surface area (Å²) in [5, 5.41) is 0. The minimum absolute atomic E-state index is 0.565. The highest BCUT2D eigenvalue weighted by Crippen LogP contribution is 2.23. The first-order valence-corrected chi connectivity index (χ1v) is 6.00. The molecule has 1 aromatic heterocycles. The van der Waals surface area contributed by atoms with Crippen molar-refractivity contribution in [3.05, 3.63) is 10.7 Å². The van der Waals surface area contributed by atoms with E-state index >= 15 is 0 Å². The molecule has 5 nitrogen and oxygen atoms in total. The normalized spacial score (nSPS) is 17.0. The van der Waals surface area contributed by atoms with Gasteiger partial charge in [0.05, 0.1) is 24.4 Å². The fourth-order valence-electron chi connectivity index (χ4n) is 1.58. The van der Waals surface area contributed by atoms with Gasteiger partial charge in [-0.05, 0) is 22.4 Å². The van der Waals surface area contributed by atoms with Crippen molar-refractivity contribution in [1.29, 1.82) is 0 Å². The van der Waals surface area contributed by atoms with Gasteiger partial charge < -0.3 is 14.4 Å². The second-order valence-electron chi connectivity index (χ2n) is 3.48. The molecule has 0 saturated carbocycles. The zero-order valence-corrected chi connectivity index (χ0v) is 10.7. The Morgan fingerprint density at radius 2 is 2.31 bits per heavy atom. The number of aromatic nitrogens is 2. The maximum Gasteiger partial charge on any atom is 0.232 e. The zero-order chi connectivity index (χ0) is 11.4. The molecule has 0 amide bonds. The van der Waals surface area contributed by atoms with Gasteiger partial charge in [0.2, 0.25) is 11.8 Å². The van der Waals surface area contributed by atoms with E-state index < -0.39 is 0 Å². The first-order valence-electron chi connectivity index (χ1n) is 5.20. The van der Waals surface area contributed by atoms with Gasteiger partial charge in [0, 0.05) is 19.7 Å². The molecule has 0 atom stereocenters. The van der Waals surface area contributed by atoms with Crippen LogP contribution in [0.4, 0.5) is 5.95 Å². The molecule has 0 aromatic carbocycles. The smallest absolute Gasteiger partial charge is 0.232 e. The third-order valence-corrected chi connectivity index (χ3v) is 2.94. The van der Waals surface area contributed by atoms with Crippen LogP contribution in [0.3, 0.4) is 0 Å². The van der Waals surface area contributed by atoms with Gasteiger partial charge in [-0.2, -0.15) is 4.98 Å². The fourth-order valence-corrected chi connectivity index (χ4v) is 1.94. The van der Waals surface area contributed by atoms with Gasteiger partial charge in [-0.15, -0.1) is 0 Å². The van der Waals surface area contributed by atoms with E-state index in [1.807, 2.05) is 0 Å². The lowest BCUT2D eigenvalue weighted by Gasteiger charge is -2.19. The van der Waals surface area contributed by atoms with Crippen LogP contribution in [0.25, 0.3) is 0 Å². The molecule has 1 aromatic rings. The number of anilines is 1. The monoisotopic (exact) mass is 287 g/mol. The molecule has 16 heavy (non-hydrogen) atoms. The summed E-state index contributed by atoms with van der Waals surface area (Å²) in [5.41, 5.74) is 0. The fraction of sp³-hybridized carbons (Fsp3) is 0.600. The lowest BCUT2D eigenvalue weighted by molar-refractivity contribution is 0.152. The van der Waals surface area contributed by atoms with Gasteiger partial charge in [-0.1, -0.05) is 0 Å². The molecule has 88 valence electrons. The molecule has 0 spiro atoms. The Balaban J connectivity index is 2.18. The molecule has 0 aliphatic carbocycles. The Bertz CT molecular complexity index is 354. The summed E-state index contributed by atoms with van der Waals surface area (Å²) in [6, 6.07) is 0. The highest BCUT2D eigenvalue weighted by molar-refractivity contribution is 9.10. The van der Waals surface area contributed by atoms with Crippen molar-refractivity contribution in [1.82, 2.24) is 9.97 Å². The van der Waals surface area contributed by atoms with Crippen LogP contribution in [0.15, 0.2) is 10.7 Å². The molecule has 6 heteroatoms. The van der Waals surface area contributed by atoms with Gasteiger partial charge in [0.15, 0.2) is 0 Å². The van der Waals surface area contributed by atoms with Crippen molar-refractivity contribution in [3.63, 3.8) is 0 Å². The van der Waals surface area contributed by atoms with Crippen molar-refractivity contribution in [2.45, 2.75) is 6.42 Å². The summed E-state index contributed by atoms with van der Waals surface area (Å²) < 4.78 is 11.3. The highest BCUT2D eigenvalue weighted by atomic mass is 79.9. The molecule has 0 unspecified atom stereocenters. The van der Waals surface area contributed by atoms with Crippen molar-refractivity contribution in [2.75, 3.05) is 38.3 Å². The Morgan fingerprint density at radius 3 is 3.12 bits per heavy atom. The Hall–Kier alpha value is -0.880. The van der Waals surface area contributed by atoms with Crippen LogP contribution in [0.5, 0.6) is 5.88 Å². The molecule has 0 radical (unpaired) electrons. The van der Waals surface area contributed by atoms with Crippen LogP contribution in [-0.2, 0) is 4.74 Å². The second kappa shape index (κ2) is 5.45. The number of hydrogen-bond donors (Lipinski definition) is 0. The number of rotatable bonds is 2. The van der Waals surface area contributed by atoms with E-state index in [0.29, 0.717) is 11.8 Å². The van der Waals surface area contributed by atoms with E-state index in [9.17, 15) is 0 Å². The summed E-state index contributed by atoms with van der Waals surface area (Å²) in [4.78, 5) is 10.7. The van der Waals surface area contributed by atoms with Crippen molar-refractivity contribution in [2.24, 2.45) is 0 Å². The van der Waals surface area contributed by atoms with E-state index in [1.54, 1.807) is 13.3 Å². The van der Waals surface area contributed by atoms with E-state index in [4.69, 9.17) is 9.47 Å². The molecule has 0 bridgehead atoms. The minimum Gasteiger partial charge on any atom is -0.480 e. The zero-order valence-electron chi connectivity index (χ0n) is 9.15. The highest BCUT2D eigenvalue weighted by Gasteiger charge is 2.14. The third-order valence-electron chi connectivity index (χ3n) is 2.40. The number of hydrogen-bond acceptors (Lipinski definition) is 5. The van der Waals surface area contributed by atoms with E-state index in [0.717, 1.165) is 37.2 Å². The first kappa shape index (κ1) is 11.6. The molecule has 1 aliphatic heterocycles. The summed E-state index contributed by atoms with van der Waals surface area (Å²) in [7, 11) is 1.60. The topological polar surface area (TPSA) is 47.5 Å². The summed E-state index contributed by atoms with van der Waals surface area (Å²) in [6.45, 7) is 3.28. The summed E-state index contributed by atoms with van der Waals surface area (Å²) >= 11 is 3.34. The van der Waals surface area contributed by atoms with E-state index in [1.165, 1.54) is 0 Å². The van der Waals surface area contributed by atoms with Crippen molar-refractivity contribution in [3.8, 4) is 5.88 Å². The van der Waals surface area contributed by atoms with Gasteiger partial charge in [-0.3, -0.25) is 0 Å². The van der Waals surface area contributed by atoms with Crippen LogP contribution < -0.4 is 9.64 Å². The molecule has 2 rings (SSSR count). The van der Waals surface area contributed by atoms with Gasteiger partial charge in [0.25, 0.3) is 0 Å². The van der Waals surface area contributed by atoms with Gasteiger partial charge in [0.1, 0.15) is 0 Å². The maximum absolute atomic E-state index is 5.39. The largest absolute Gasteiger partial charge is 0.480 e. The number of nitrogens with zero attached hydrogens (tertiary/aromatic N) is 3. The van der Waals surface area contributed by atoms with Crippen LogP contribution >= 0.6 is 15.9 Å². The van der Waals surface area contributed by atoms with E-state index in [2.05, 4.69) is 30.8 Å². The SMILES string of the molecule is COc1nc(N2CCCOCC2)ncc1Br. The van der Waals surface area contributed by atoms with Crippen LogP contribution in [0.2, 0.25) is 0 Å². The number of methoxy groups -OCH3 is 1. The van der Waals surface area contributed by atoms with Crippen molar-refractivity contribution < 1.29 is 9.47 Å². The lowest BCUT2D eigenvalue weighted by Crippen LogP contribution is -2.27. The molecule has 1 aliphatic rings. The minimum atomic E-state index is 0.565. The molecule has 2 heterocycles. The third kappa shape index (κ3) is 2.62. The quantitative estimate of drug-likeness (QED) is 0.825. The molecular weight excluding hydrogens is 274 g/mol. The van der Waals surface area contributed by atoms with Crippen LogP contribution in [0.1, 0.15) is 6.42 Å². The molecular formula is C10H14BrN3O2. The Labute approximate surface area is 103 Å². The standard InChI is InChI=1S/C10H14BrN3O2/c1-15-9-8(11)7-12-10(13-9)14-3-2-5-16-6-4-14/h7H,2-6H2,1H3. The molecule has 1 fully saturated rings. The van der Waals surface area contributed by atoms with Crippen LogP contribution in [0, 0.1) is 0 Å². The molecule has 1 saturated heterocycles. The van der Waals surface area contributed by atoms with E-state index in [-0.39, 0.29) is 0 Å². The Kier molecular flexibility index (Phi) is 3.95.